The third-order valence-electron chi connectivity index (χ3n) is 1.78. The van der Waals surface area contributed by atoms with Gasteiger partial charge in [0.2, 0.25) is 0 Å². The Balaban J connectivity index is 2.63. The van der Waals surface area contributed by atoms with E-state index in [0.29, 0.717) is 0 Å². The first-order valence-electron chi connectivity index (χ1n) is 3.37. The average molecular weight is 183 g/mol. The molecule has 0 bridgehead atoms. The van der Waals surface area contributed by atoms with E-state index in [1.54, 1.807) is 6.92 Å². The van der Waals surface area contributed by atoms with Crippen molar-refractivity contribution in [3.05, 3.63) is 0 Å². The van der Waals surface area contributed by atoms with E-state index >= 15 is 0 Å². The maximum Gasteiger partial charge on any atom is 0.182 e. The van der Waals surface area contributed by atoms with Crippen LogP contribution in [0.4, 0.5) is 0 Å². The Hall–Kier alpha value is 0.130. The molecule has 3 N–H and O–H groups in total. The highest BCUT2D eigenvalue weighted by atomic mass is 35.5. The van der Waals surface area contributed by atoms with Crippen molar-refractivity contribution in [1.29, 1.82) is 0 Å². The summed E-state index contributed by atoms with van der Waals surface area (Å²) in [5.41, 5.74) is 0. The normalized spacial score (nSPS) is 52.6. The highest BCUT2D eigenvalue weighted by molar-refractivity contribution is 6.21. The zero-order valence-electron chi connectivity index (χ0n) is 6.01. The van der Waals surface area contributed by atoms with E-state index in [4.69, 9.17) is 26.6 Å². The Bertz CT molecular complexity index is 129. The van der Waals surface area contributed by atoms with Crippen LogP contribution in [0.5, 0.6) is 0 Å². The molecule has 1 aliphatic rings. The summed E-state index contributed by atoms with van der Waals surface area (Å²) in [6.07, 6.45) is -4.00. The molecule has 0 aromatic heterocycles. The van der Waals surface area contributed by atoms with Crippen LogP contribution in [0, 0.1) is 0 Å². The molecular formula is C6H11ClO4. The maximum absolute atomic E-state index is 9.21. The first-order chi connectivity index (χ1) is 5.04. The molecule has 0 spiro atoms. The summed E-state index contributed by atoms with van der Waals surface area (Å²) >= 11 is 5.57. The Morgan fingerprint density at radius 2 is 1.73 bits per heavy atom. The van der Waals surface area contributed by atoms with Crippen molar-refractivity contribution in [3.63, 3.8) is 0 Å². The minimum Gasteiger partial charge on any atom is -0.389 e. The molecule has 5 heteroatoms. The van der Waals surface area contributed by atoms with Gasteiger partial charge in [0.05, 0.1) is 17.6 Å². The number of rotatable bonds is 0. The summed E-state index contributed by atoms with van der Waals surface area (Å²) in [5, 5.41) is 26.4. The van der Waals surface area contributed by atoms with Crippen LogP contribution in [-0.2, 0) is 4.74 Å². The lowest BCUT2D eigenvalue weighted by atomic mass is 10.0. The van der Waals surface area contributed by atoms with Gasteiger partial charge in [-0.15, -0.1) is 11.6 Å². The van der Waals surface area contributed by atoms with Crippen molar-refractivity contribution in [3.8, 4) is 0 Å². The van der Waals surface area contributed by atoms with Crippen LogP contribution >= 0.6 is 11.6 Å². The van der Waals surface area contributed by atoms with E-state index in [9.17, 15) is 5.11 Å². The molecule has 1 fully saturated rings. The average Bonchev–Trinajstić information content (AvgIpc) is 1.97. The summed E-state index contributed by atoms with van der Waals surface area (Å²) < 4.78 is 4.75. The lowest BCUT2D eigenvalue weighted by Crippen LogP contribution is -2.54. The quantitative estimate of drug-likeness (QED) is 0.423. The fourth-order valence-electron chi connectivity index (χ4n) is 0.999. The molecule has 0 saturated carbocycles. The number of hydrogen-bond donors (Lipinski definition) is 3. The van der Waals surface area contributed by atoms with Gasteiger partial charge < -0.3 is 20.1 Å². The van der Waals surface area contributed by atoms with Gasteiger partial charge in [-0.1, -0.05) is 0 Å². The molecule has 0 amide bonds. The highest BCUT2D eigenvalue weighted by Gasteiger charge is 2.40. The molecule has 5 unspecified atom stereocenters. The number of halogens is 1. The second-order valence-corrected chi connectivity index (χ2v) is 3.16. The molecule has 5 atom stereocenters. The fourth-order valence-corrected chi connectivity index (χ4v) is 1.33. The summed E-state index contributed by atoms with van der Waals surface area (Å²) in [4.78, 5) is 0. The lowest BCUT2D eigenvalue weighted by Gasteiger charge is -2.36. The van der Waals surface area contributed by atoms with Gasteiger partial charge in [-0.2, -0.15) is 0 Å². The number of alkyl halides is 1. The van der Waals surface area contributed by atoms with Gasteiger partial charge >= 0.3 is 0 Å². The van der Waals surface area contributed by atoms with Crippen molar-refractivity contribution < 1.29 is 20.1 Å². The largest absolute Gasteiger partial charge is 0.389 e. The third kappa shape index (κ3) is 1.65. The summed E-state index contributed by atoms with van der Waals surface area (Å²) in [7, 11) is 0. The van der Waals surface area contributed by atoms with Gasteiger partial charge in [-0.05, 0) is 6.92 Å². The summed E-state index contributed by atoms with van der Waals surface area (Å²) in [6, 6.07) is 0. The summed E-state index contributed by atoms with van der Waals surface area (Å²) in [5.74, 6) is 0. The Morgan fingerprint density at radius 3 is 2.27 bits per heavy atom. The van der Waals surface area contributed by atoms with E-state index < -0.39 is 30.0 Å². The zero-order valence-corrected chi connectivity index (χ0v) is 6.77. The van der Waals surface area contributed by atoms with Crippen LogP contribution in [-0.4, -0.2) is 45.3 Å². The van der Waals surface area contributed by atoms with Crippen LogP contribution < -0.4 is 0 Å². The SMILES string of the molecule is CC1OC(O)C(O)C(Cl)C1O. The van der Waals surface area contributed by atoms with Crippen LogP contribution in [0.2, 0.25) is 0 Å². The lowest BCUT2D eigenvalue weighted by molar-refractivity contribution is -0.238. The number of aliphatic hydroxyl groups excluding tert-OH is 3. The van der Waals surface area contributed by atoms with Crippen molar-refractivity contribution in [2.75, 3.05) is 0 Å². The number of aliphatic hydroxyl groups is 3. The Kier molecular flexibility index (Phi) is 2.72. The van der Waals surface area contributed by atoms with Crippen LogP contribution in [0.15, 0.2) is 0 Å². The standard InChI is InChI=1S/C6H11ClO4/c1-2-4(8)3(7)5(9)6(10)11-2/h2-6,8-10H,1H3. The molecule has 1 heterocycles. The molecule has 0 aliphatic carbocycles. The molecule has 66 valence electrons. The molecule has 11 heavy (non-hydrogen) atoms. The number of hydrogen-bond acceptors (Lipinski definition) is 4. The first-order valence-corrected chi connectivity index (χ1v) is 3.81. The molecule has 1 aliphatic heterocycles. The van der Waals surface area contributed by atoms with E-state index in [1.165, 1.54) is 0 Å². The fraction of sp³-hybridized carbons (Fsp3) is 1.00. The van der Waals surface area contributed by atoms with Gasteiger partial charge in [0, 0.05) is 0 Å². The van der Waals surface area contributed by atoms with E-state index in [2.05, 4.69) is 0 Å². The molecular weight excluding hydrogens is 172 g/mol. The van der Waals surface area contributed by atoms with Gasteiger partial charge in [0.1, 0.15) is 6.10 Å². The number of ether oxygens (including phenoxy) is 1. The Morgan fingerprint density at radius 1 is 1.18 bits per heavy atom. The van der Waals surface area contributed by atoms with Crippen LogP contribution in [0.1, 0.15) is 6.92 Å². The van der Waals surface area contributed by atoms with Crippen LogP contribution in [0.25, 0.3) is 0 Å². The third-order valence-corrected chi connectivity index (χ3v) is 2.30. The molecule has 0 aromatic carbocycles. The minimum atomic E-state index is -1.30. The van der Waals surface area contributed by atoms with Crippen molar-refractivity contribution in [2.24, 2.45) is 0 Å². The molecule has 4 nitrogen and oxygen atoms in total. The van der Waals surface area contributed by atoms with Crippen molar-refractivity contribution in [1.82, 2.24) is 0 Å². The first kappa shape index (κ1) is 9.22. The predicted molar refractivity (Wildman–Crippen MR) is 38.2 cm³/mol. The van der Waals surface area contributed by atoms with Gasteiger partial charge in [0.15, 0.2) is 6.29 Å². The highest BCUT2D eigenvalue weighted by Crippen LogP contribution is 2.23. The van der Waals surface area contributed by atoms with Gasteiger partial charge in [-0.25, -0.2) is 0 Å². The monoisotopic (exact) mass is 182 g/mol. The van der Waals surface area contributed by atoms with E-state index in [-0.39, 0.29) is 0 Å². The van der Waals surface area contributed by atoms with Crippen molar-refractivity contribution in [2.45, 2.75) is 36.9 Å². The minimum absolute atomic E-state index is 0.545. The predicted octanol–water partition coefficient (Wildman–Crippen LogP) is -0.947. The summed E-state index contributed by atoms with van der Waals surface area (Å²) in [6.45, 7) is 1.58. The Labute approximate surface area is 69.4 Å². The van der Waals surface area contributed by atoms with Crippen LogP contribution in [0.3, 0.4) is 0 Å². The van der Waals surface area contributed by atoms with E-state index in [0.717, 1.165) is 0 Å². The molecule has 0 radical (unpaired) electrons. The molecule has 1 rings (SSSR count). The second-order valence-electron chi connectivity index (χ2n) is 2.66. The topological polar surface area (TPSA) is 69.9 Å². The molecule has 0 aromatic rings. The van der Waals surface area contributed by atoms with Crippen molar-refractivity contribution >= 4 is 11.6 Å². The zero-order chi connectivity index (χ0) is 8.59. The maximum atomic E-state index is 9.21. The smallest absolute Gasteiger partial charge is 0.182 e. The van der Waals surface area contributed by atoms with E-state index in [1.807, 2.05) is 0 Å². The second kappa shape index (κ2) is 3.25. The van der Waals surface area contributed by atoms with Gasteiger partial charge in [0.25, 0.3) is 0 Å². The van der Waals surface area contributed by atoms with Gasteiger partial charge in [-0.3, -0.25) is 0 Å². The molecule has 1 saturated heterocycles.